The van der Waals surface area contributed by atoms with E-state index in [0.717, 1.165) is 28.0 Å². The molecule has 90 valence electrons. The third kappa shape index (κ3) is 3.51. The lowest BCUT2D eigenvalue weighted by atomic mass is 10.1. The van der Waals surface area contributed by atoms with Crippen LogP contribution in [0.1, 0.15) is 5.56 Å². The molecule has 5 heteroatoms. The summed E-state index contributed by atoms with van der Waals surface area (Å²) in [4.78, 5) is 4.47. The van der Waals surface area contributed by atoms with Gasteiger partial charge in [0.25, 0.3) is 0 Å². The van der Waals surface area contributed by atoms with E-state index < -0.39 is 0 Å². The first-order valence-corrected chi connectivity index (χ1v) is 7.78. The summed E-state index contributed by atoms with van der Waals surface area (Å²) in [6.45, 7) is 2.08. The Hall–Kier alpha value is -0.940. The summed E-state index contributed by atoms with van der Waals surface area (Å²) in [5.74, 6) is 3.02. The highest BCUT2D eigenvalue weighted by molar-refractivity contribution is 8.02. The minimum Gasteiger partial charge on any atom is -0.258 e. The molecular formula is C12H15N3S2. The minimum absolute atomic E-state index is 0.828. The smallest absolute Gasteiger partial charge is 0.208 e. The van der Waals surface area contributed by atoms with Crippen LogP contribution in [0.5, 0.6) is 0 Å². The molecule has 1 N–H and O–H groups in total. The van der Waals surface area contributed by atoms with Crippen LogP contribution in [0.2, 0.25) is 0 Å². The molecule has 1 aromatic carbocycles. The van der Waals surface area contributed by atoms with Gasteiger partial charge in [-0.05, 0) is 13.2 Å². The van der Waals surface area contributed by atoms with Crippen molar-refractivity contribution in [1.29, 1.82) is 0 Å². The predicted molar refractivity (Wildman–Crippen MR) is 75.7 cm³/mol. The molecule has 2 rings (SSSR count). The minimum atomic E-state index is 0.828. The van der Waals surface area contributed by atoms with Gasteiger partial charge in [-0.2, -0.15) is 11.8 Å². The maximum atomic E-state index is 4.47. The molecule has 0 bridgehead atoms. The van der Waals surface area contributed by atoms with Crippen molar-refractivity contribution in [3.8, 4) is 11.4 Å². The first-order valence-electron chi connectivity index (χ1n) is 5.41. The third-order valence-electron chi connectivity index (χ3n) is 2.31. The topological polar surface area (TPSA) is 41.6 Å². The third-order valence-corrected chi connectivity index (χ3v) is 4.03. The second-order valence-electron chi connectivity index (χ2n) is 3.67. The zero-order valence-electron chi connectivity index (χ0n) is 9.93. The number of H-pyrrole nitrogens is 1. The van der Waals surface area contributed by atoms with Gasteiger partial charge in [-0.1, -0.05) is 41.6 Å². The van der Waals surface area contributed by atoms with E-state index in [1.807, 2.05) is 11.8 Å². The molecule has 0 saturated carbocycles. The number of nitrogens with one attached hydrogen (secondary N) is 1. The summed E-state index contributed by atoms with van der Waals surface area (Å²) in [6, 6.07) is 8.29. The number of thioether (sulfide) groups is 2. The van der Waals surface area contributed by atoms with Crippen molar-refractivity contribution < 1.29 is 0 Å². The van der Waals surface area contributed by atoms with Crippen LogP contribution in [0.15, 0.2) is 29.4 Å². The van der Waals surface area contributed by atoms with Crippen LogP contribution in [0.4, 0.5) is 0 Å². The van der Waals surface area contributed by atoms with Gasteiger partial charge in [0, 0.05) is 17.1 Å². The molecule has 0 radical (unpaired) electrons. The second-order valence-corrected chi connectivity index (χ2v) is 5.72. The predicted octanol–water partition coefficient (Wildman–Crippen LogP) is 3.24. The molecule has 0 fully saturated rings. The maximum Gasteiger partial charge on any atom is 0.208 e. The quantitative estimate of drug-likeness (QED) is 0.665. The van der Waals surface area contributed by atoms with Gasteiger partial charge in [0.2, 0.25) is 5.16 Å². The fourth-order valence-corrected chi connectivity index (χ4v) is 2.82. The molecule has 0 atom stereocenters. The molecule has 0 aliphatic rings. The monoisotopic (exact) mass is 265 g/mol. The van der Waals surface area contributed by atoms with E-state index in [-0.39, 0.29) is 0 Å². The number of aromatic amines is 1. The van der Waals surface area contributed by atoms with Gasteiger partial charge >= 0.3 is 0 Å². The number of aryl methyl sites for hydroxylation is 1. The highest BCUT2D eigenvalue weighted by Gasteiger charge is 2.05. The molecule has 0 unspecified atom stereocenters. The molecule has 0 aliphatic heterocycles. The summed E-state index contributed by atoms with van der Waals surface area (Å²) in [5.41, 5.74) is 2.34. The lowest BCUT2D eigenvalue weighted by Gasteiger charge is -1.96. The molecule has 0 aliphatic carbocycles. The van der Waals surface area contributed by atoms with Gasteiger partial charge in [-0.15, -0.1) is 5.10 Å². The summed E-state index contributed by atoms with van der Waals surface area (Å²) < 4.78 is 0. The van der Waals surface area contributed by atoms with Crippen molar-refractivity contribution in [2.24, 2.45) is 0 Å². The number of hydrogen-bond acceptors (Lipinski definition) is 4. The molecule has 2 aromatic rings. The Balaban J connectivity index is 2.04. The molecule has 17 heavy (non-hydrogen) atoms. The zero-order chi connectivity index (χ0) is 12.1. The van der Waals surface area contributed by atoms with E-state index in [0.29, 0.717) is 0 Å². The molecule has 3 nitrogen and oxygen atoms in total. The highest BCUT2D eigenvalue weighted by atomic mass is 32.2. The average Bonchev–Trinajstić information content (AvgIpc) is 2.79. The van der Waals surface area contributed by atoms with E-state index in [2.05, 4.69) is 52.6 Å². The van der Waals surface area contributed by atoms with Crippen LogP contribution in [0, 0.1) is 6.92 Å². The first kappa shape index (κ1) is 12.5. The number of benzene rings is 1. The van der Waals surface area contributed by atoms with Crippen molar-refractivity contribution in [1.82, 2.24) is 15.2 Å². The van der Waals surface area contributed by atoms with E-state index in [4.69, 9.17) is 0 Å². The molecular weight excluding hydrogens is 250 g/mol. The first-order chi connectivity index (χ1) is 8.29. The van der Waals surface area contributed by atoms with Gasteiger partial charge in [-0.3, -0.25) is 5.10 Å². The molecule has 1 heterocycles. The van der Waals surface area contributed by atoms with Crippen LogP contribution >= 0.6 is 23.5 Å². The Morgan fingerprint density at radius 1 is 1.18 bits per heavy atom. The maximum absolute atomic E-state index is 4.47. The number of hydrogen-bond donors (Lipinski definition) is 1. The largest absolute Gasteiger partial charge is 0.258 e. The van der Waals surface area contributed by atoms with E-state index in [9.17, 15) is 0 Å². The number of aromatic nitrogens is 3. The van der Waals surface area contributed by atoms with Gasteiger partial charge in [0.15, 0.2) is 5.82 Å². The highest BCUT2D eigenvalue weighted by Crippen LogP contribution is 2.19. The Morgan fingerprint density at radius 3 is 2.65 bits per heavy atom. The molecule has 0 saturated heterocycles. The van der Waals surface area contributed by atoms with E-state index >= 15 is 0 Å². The standard InChI is InChI=1S/C12H15N3S2/c1-9-3-5-10(6-4-9)11-13-12(15-14-11)17-8-7-16-2/h3-6H,7-8H2,1-2H3,(H,13,14,15). The van der Waals surface area contributed by atoms with Crippen molar-refractivity contribution in [3.63, 3.8) is 0 Å². The van der Waals surface area contributed by atoms with Gasteiger partial charge in [-0.25, -0.2) is 4.98 Å². The van der Waals surface area contributed by atoms with E-state index in [1.165, 1.54) is 5.56 Å². The molecule has 1 aromatic heterocycles. The fraction of sp³-hybridized carbons (Fsp3) is 0.333. The Kier molecular flexibility index (Phi) is 4.50. The van der Waals surface area contributed by atoms with Crippen molar-refractivity contribution in [3.05, 3.63) is 29.8 Å². The molecule has 0 spiro atoms. The summed E-state index contributed by atoms with van der Waals surface area (Å²) in [6.07, 6.45) is 2.11. The van der Waals surface area contributed by atoms with Crippen LogP contribution in [0.25, 0.3) is 11.4 Å². The summed E-state index contributed by atoms with van der Waals surface area (Å²) in [5, 5.41) is 8.01. The van der Waals surface area contributed by atoms with Gasteiger partial charge in [0.05, 0.1) is 0 Å². The van der Waals surface area contributed by atoms with Crippen molar-refractivity contribution >= 4 is 23.5 Å². The van der Waals surface area contributed by atoms with Crippen LogP contribution < -0.4 is 0 Å². The van der Waals surface area contributed by atoms with E-state index in [1.54, 1.807) is 11.8 Å². The normalized spacial score (nSPS) is 10.7. The van der Waals surface area contributed by atoms with Crippen LogP contribution in [0.3, 0.4) is 0 Å². The van der Waals surface area contributed by atoms with Crippen LogP contribution in [-0.2, 0) is 0 Å². The lowest BCUT2D eigenvalue weighted by Crippen LogP contribution is -1.84. The van der Waals surface area contributed by atoms with Crippen molar-refractivity contribution in [2.45, 2.75) is 12.1 Å². The Labute approximate surface area is 110 Å². The zero-order valence-corrected chi connectivity index (χ0v) is 11.6. The Morgan fingerprint density at radius 2 is 1.94 bits per heavy atom. The van der Waals surface area contributed by atoms with Crippen molar-refractivity contribution in [2.75, 3.05) is 17.8 Å². The summed E-state index contributed by atoms with van der Waals surface area (Å²) in [7, 11) is 0. The average molecular weight is 265 g/mol. The Bertz CT molecular complexity index is 465. The SMILES string of the molecule is CSCCSc1n[nH]c(-c2ccc(C)cc2)n1. The van der Waals surface area contributed by atoms with Crippen LogP contribution in [-0.4, -0.2) is 32.9 Å². The molecule has 0 amide bonds. The second kappa shape index (κ2) is 6.12. The van der Waals surface area contributed by atoms with Gasteiger partial charge in [0.1, 0.15) is 0 Å². The summed E-state index contributed by atoms with van der Waals surface area (Å²) >= 11 is 3.53. The lowest BCUT2D eigenvalue weighted by molar-refractivity contribution is 0.974. The number of rotatable bonds is 5. The fourth-order valence-electron chi connectivity index (χ4n) is 1.37. The number of nitrogens with zero attached hydrogens (tertiary/aromatic N) is 2. The van der Waals surface area contributed by atoms with Gasteiger partial charge < -0.3 is 0 Å².